The second-order valence-corrected chi connectivity index (χ2v) is 6.07. The quantitative estimate of drug-likeness (QED) is 0.902. The Kier molecular flexibility index (Phi) is 4.25. The zero-order valence-corrected chi connectivity index (χ0v) is 11.9. The molecule has 1 heterocycles. The maximum atomic E-state index is 12.5. The molecule has 0 radical (unpaired) electrons. The Morgan fingerprint density at radius 1 is 1.37 bits per heavy atom. The molecule has 3 heteroatoms. The summed E-state index contributed by atoms with van der Waals surface area (Å²) in [7, 11) is 0. The minimum atomic E-state index is -0.445. The summed E-state index contributed by atoms with van der Waals surface area (Å²) in [5.74, 6) is 0.202. The fourth-order valence-electron chi connectivity index (χ4n) is 2.68. The molecule has 0 aromatic heterocycles. The van der Waals surface area contributed by atoms with E-state index >= 15 is 0 Å². The molecule has 0 bridgehead atoms. The molecule has 1 unspecified atom stereocenters. The van der Waals surface area contributed by atoms with Crippen LogP contribution in [-0.4, -0.2) is 29.9 Å². The van der Waals surface area contributed by atoms with E-state index in [4.69, 9.17) is 5.73 Å². The monoisotopic (exact) mass is 260 g/mol. The third-order valence-corrected chi connectivity index (χ3v) is 4.04. The summed E-state index contributed by atoms with van der Waals surface area (Å²) in [5, 5.41) is 0. The van der Waals surface area contributed by atoms with Crippen molar-refractivity contribution in [3.05, 3.63) is 35.9 Å². The number of hydrogen-bond acceptors (Lipinski definition) is 2. The molecule has 1 saturated heterocycles. The fraction of sp³-hybridized carbons (Fsp3) is 0.562. The van der Waals surface area contributed by atoms with E-state index in [2.05, 4.69) is 24.3 Å². The molecule has 0 aliphatic carbocycles. The van der Waals surface area contributed by atoms with Crippen molar-refractivity contribution in [3.63, 3.8) is 0 Å². The molecule has 0 spiro atoms. The van der Waals surface area contributed by atoms with Crippen molar-refractivity contribution in [2.75, 3.05) is 13.1 Å². The van der Waals surface area contributed by atoms with Gasteiger partial charge in [0.05, 0.1) is 5.41 Å². The lowest BCUT2D eigenvalue weighted by molar-refractivity contribution is -0.140. The van der Waals surface area contributed by atoms with Crippen molar-refractivity contribution in [1.29, 1.82) is 0 Å². The Morgan fingerprint density at radius 2 is 2.05 bits per heavy atom. The second kappa shape index (κ2) is 5.74. The van der Waals surface area contributed by atoms with Gasteiger partial charge in [-0.25, -0.2) is 0 Å². The Morgan fingerprint density at radius 3 is 2.68 bits per heavy atom. The normalized spacial score (nSPS) is 19.7. The highest BCUT2D eigenvalue weighted by Crippen LogP contribution is 2.27. The molecule has 2 N–H and O–H groups in total. The Hall–Kier alpha value is -1.35. The van der Waals surface area contributed by atoms with Crippen LogP contribution in [-0.2, 0) is 11.2 Å². The van der Waals surface area contributed by atoms with E-state index in [0.29, 0.717) is 12.6 Å². The van der Waals surface area contributed by atoms with Gasteiger partial charge >= 0.3 is 0 Å². The highest BCUT2D eigenvalue weighted by Gasteiger charge is 2.36. The first kappa shape index (κ1) is 14.1. The zero-order chi connectivity index (χ0) is 13.9. The first-order valence-electron chi connectivity index (χ1n) is 7.09. The molecule has 1 aromatic rings. The van der Waals surface area contributed by atoms with Gasteiger partial charge in [0, 0.05) is 19.1 Å². The Bertz CT molecular complexity index is 428. The second-order valence-electron chi connectivity index (χ2n) is 6.07. The van der Waals surface area contributed by atoms with Crippen LogP contribution in [0, 0.1) is 5.41 Å². The molecule has 1 aliphatic rings. The highest BCUT2D eigenvalue weighted by atomic mass is 16.2. The third kappa shape index (κ3) is 3.16. The Labute approximate surface area is 115 Å². The molecule has 1 fully saturated rings. The number of nitrogens with two attached hydrogens (primary N) is 1. The largest absolute Gasteiger partial charge is 0.339 e. The van der Waals surface area contributed by atoms with Gasteiger partial charge in [0.1, 0.15) is 0 Å². The molecular formula is C16H24N2O. The fourth-order valence-corrected chi connectivity index (χ4v) is 2.68. The number of benzene rings is 1. The average molecular weight is 260 g/mol. The van der Waals surface area contributed by atoms with Crippen LogP contribution < -0.4 is 5.73 Å². The molecule has 3 nitrogen and oxygen atoms in total. The number of carbonyl (C=O) groups is 1. The predicted molar refractivity (Wildman–Crippen MR) is 77.7 cm³/mol. The van der Waals surface area contributed by atoms with Crippen LogP contribution in [0.4, 0.5) is 0 Å². The average Bonchev–Trinajstić information content (AvgIpc) is 2.87. The lowest BCUT2D eigenvalue weighted by Gasteiger charge is -2.32. The van der Waals surface area contributed by atoms with Crippen molar-refractivity contribution in [2.24, 2.45) is 11.1 Å². The standard InChI is InChI=1S/C16H24N2O/c1-16(2,12-17)15(19)18-10-6-9-14(18)11-13-7-4-3-5-8-13/h3-5,7-8,14H,6,9-12,17H2,1-2H3. The van der Waals surface area contributed by atoms with Gasteiger partial charge in [0.15, 0.2) is 0 Å². The summed E-state index contributed by atoms with van der Waals surface area (Å²) in [4.78, 5) is 14.6. The van der Waals surface area contributed by atoms with Gasteiger partial charge in [-0.2, -0.15) is 0 Å². The van der Waals surface area contributed by atoms with Crippen molar-refractivity contribution in [1.82, 2.24) is 4.90 Å². The van der Waals surface area contributed by atoms with Crippen LogP contribution in [0.15, 0.2) is 30.3 Å². The van der Waals surface area contributed by atoms with E-state index in [9.17, 15) is 4.79 Å². The van der Waals surface area contributed by atoms with E-state index < -0.39 is 5.41 Å². The highest BCUT2D eigenvalue weighted by molar-refractivity contribution is 5.82. The predicted octanol–water partition coefficient (Wildman–Crippen LogP) is 2.20. The number of amides is 1. The summed E-state index contributed by atoms with van der Waals surface area (Å²) in [6.45, 7) is 5.15. The van der Waals surface area contributed by atoms with E-state index in [1.807, 2.05) is 24.8 Å². The van der Waals surface area contributed by atoms with Crippen LogP contribution in [0.2, 0.25) is 0 Å². The zero-order valence-electron chi connectivity index (χ0n) is 11.9. The van der Waals surface area contributed by atoms with Gasteiger partial charge in [-0.3, -0.25) is 4.79 Å². The van der Waals surface area contributed by atoms with Crippen LogP contribution in [0.3, 0.4) is 0 Å². The number of nitrogens with zero attached hydrogens (tertiary/aromatic N) is 1. The van der Waals surface area contributed by atoms with Crippen LogP contribution in [0.5, 0.6) is 0 Å². The summed E-state index contributed by atoms with van der Waals surface area (Å²) in [6.07, 6.45) is 3.15. The van der Waals surface area contributed by atoms with Gasteiger partial charge in [0.2, 0.25) is 5.91 Å². The first-order chi connectivity index (χ1) is 9.04. The van der Waals surface area contributed by atoms with E-state index in [1.165, 1.54) is 5.56 Å². The lowest BCUT2D eigenvalue weighted by atomic mass is 9.91. The minimum Gasteiger partial charge on any atom is -0.339 e. The number of hydrogen-bond donors (Lipinski definition) is 1. The van der Waals surface area contributed by atoms with Gasteiger partial charge in [0.25, 0.3) is 0 Å². The van der Waals surface area contributed by atoms with Crippen molar-refractivity contribution >= 4 is 5.91 Å². The maximum Gasteiger partial charge on any atom is 0.229 e. The van der Waals surface area contributed by atoms with Crippen molar-refractivity contribution in [3.8, 4) is 0 Å². The molecule has 1 amide bonds. The minimum absolute atomic E-state index is 0.202. The van der Waals surface area contributed by atoms with E-state index in [0.717, 1.165) is 25.8 Å². The number of rotatable bonds is 4. The van der Waals surface area contributed by atoms with Crippen LogP contribution in [0.25, 0.3) is 0 Å². The molecule has 2 rings (SSSR count). The molecular weight excluding hydrogens is 236 g/mol. The molecule has 1 aliphatic heterocycles. The molecule has 19 heavy (non-hydrogen) atoms. The van der Waals surface area contributed by atoms with Gasteiger partial charge in [-0.1, -0.05) is 30.3 Å². The van der Waals surface area contributed by atoms with Crippen molar-refractivity contribution in [2.45, 2.75) is 39.2 Å². The van der Waals surface area contributed by atoms with Gasteiger partial charge in [-0.15, -0.1) is 0 Å². The van der Waals surface area contributed by atoms with Gasteiger partial charge in [-0.05, 0) is 38.7 Å². The van der Waals surface area contributed by atoms with Gasteiger partial charge < -0.3 is 10.6 Å². The smallest absolute Gasteiger partial charge is 0.229 e. The molecule has 1 aromatic carbocycles. The topological polar surface area (TPSA) is 46.3 Å². The number of likely N-dealkylation sites (tertiary alicyclic amines) is 1. The van der Waals surface area contributed by atoms with Crippen LogP contribution in [0.1, 0.15) is 32.3 Å². The summed E-state index contributed by atoms with van der Waals surface area (Å²) in [5.41, 5.74) is 6.58. The molecule has 1 atom stereocenters. The number of carbonyl (C=O) groups excluding carboxylic acids is 1. The summed E-state index contributed by atoms with van der Waals surface area (Å²) < 4.78 is 0. The SMILES string of the molecule is CC(C)(CN)C(=O)N1CCCC1Cc1ccccc1. The van der Waals surface area contributed by atoms with Crippen LogP contribution >= 0.6 is 0 Å². The lowest BCUT2D eigenvalue weighted by Crippen LogP contribution is -2.47. The third-order valence-electron chi connectivity index (χ3n) is 4.04. The molecule has 0 saturated carbocycles. The summed E-state index contributed by atoms with van der Waals surface area (Å²) >= 11 is 0. The first-order valence-corrected chi connectivity index (χ1v) is 7.09. The van der Waals surface area contributed by atoms with E-state index in [-0.39, 0.29) is 5.91 Å². The molecule has 104 valence electrons. The maximum absolute atomic E-state index is 12.5. The van der Waals surface area contributed by atoms with E-state index in [1.54, 1.807) is 0 Å². The Balaban J connectivity index is 2.07. The summed E-state index contributed by atoms with van der Waals surface area (Å²) in [6, 6.07) is 10.7. The van der Waals surface area contributed by atoms with Crippen molar-refractivity contribution < 1.29 is 4.79 Å².